The summed E-state index contributed by atoms with van der Waals surface area (Å²) >= 11 is 0. The van der Waals surface area contributed by atoms with Crippen LogP contribution in [0.3, 0.4) is 0 Å². The fourth-order valence-electron chi connectivity index (χ4n) is 1.53. The van der Waals surface area contributed by atoms with E-state index >= 15 is 0 Å². The van der Waals surface area contributed by atoms with Crippen molar-refractivity contribution >= 4 is 21.7 Å². The molecular weight excluding hydrogens is 222 g/mol. The van der Waals surface area contributed by atoms with Crippen molar-refractivity contribution in [1.29, 1.82) is 0 Å². The summed E-state index contributed by atoms with van der Waals surface area (Å²) in [7, 11) is -3.38. The van der Waals surface area contributed by atoms with Crippen molar-refractivity contribution in [2.24, 2.45) is 0 Å². The van der Waals surface area contributed by atoms with E-state index in [1.165, 1.54) is 0 Å². The zero-order valence-corrected chi connectivity index (χ0v) is 8.92. The van der Waals surface area contributed by atoms with E-state index in [1.807, 2.05) is 0 Å². The van der Waals surface area contributed by atoms with Crippen molar-refractivity contribution in [2.45, 2.75) is 24.5 Å². The van der Waals surface area contributed by atoms with Gasteiger partial charge >= 0.3 is 5.97 Å². The zero-order valence-electron chi connectivity index (χ0n) is 8.10. The molecule has 7 heteroatoms. The van der Waals surface area contributed by atoms with Crippen LogP contribution < -0.4 is 5.32 Å². The van der Waals surface area contributed by atoms with E-state index in [2.05, 4.69) is 5.32 Å². The molecule has 0 aromatic rings. The number of rotatable bonds is 3. The van der Waals surface area contributed by atoms with E-state index in [9.17, 15) is 18.0 Å². The van der Waals surface area contributed by atoms with Gasteiger partial charge in [-0.15, -0.1) is 0 Å². The Morgan fingerprint density at radius 2 is 2.00 bits per heavy atom. The molecule has 1 atom stereocenters. The molecule has 6 nitrogen and oxygen atoms in total. The maximum atomic E-state index is 11.5. The molecule has 1 saturated heterocycles. The normalized spacial score (nSPS) is 24.4. The number of carboxylic acid groups (broad SMARTS) is 1. The van der Waals surface area contributed by atoms with E-state index < -0.39 is 33.5 Å². The summed E-state index contributed by atoms with van der Waals surface area (Å²) in [5.74, 6) is -1.87. The second kappa shape index (κ2) is 4.61. The molecule has 0 aromatic heterocycles. The van der Waals surface area contributed by atoms with Crippen molar-refractivity contribution in [1.82, 2.24) is 5.32 Å². The molecule has 2 N–H and O–H groups in total. The monoisotopic (exact) mass is 235 g/mol. The number of sulfone groups is 1. The molecule has 86 valence electrons. The van der Waals surface area contributed by atoms with E-state index in [0.29, 0.717) is 12.8 Å². The lowest BCUT2D eigenvalue weighted by Crippen LogP contribution is -2.44. The van der Waals surface area contributed by atoms with Crippen LogP contribution in [0.25, 0.3) is 0 Å². The van der Waals surface area contributed by atoms with Gasteiger partial charge in [0.05, 0.1) is 5.75 Å². The first-order chi connectivity index (χ1) is 6.93. The molecule has 1 aliphatic rings. The minimum atomic E-state index is -3.38. The highest BCUT2D eigenvalue weighted by Gasteiger charge is 2.34. The number of aliphatic carboxylic acids is 1. The van der Waals surface area contributed by atoms with Gasteiger partial charge in [0.1, 0.15) is 11.8 Å². The summed E-state index contributed by atoms with van der Waals surface area (Å²) in [5, 5.41) is 9.35. The van der Waals surface area contributed by atoms with Crippen LogP contribution in [-0.2, 0) is 19.4 Å². The molecule has 1 fully saturated rings. The maximum Gasteiger partial charge on any atom is 0.322 e. The molecule has 0 radical (unpaired) electrons. The van der Waals surface area contributed by atoms with Gasteiger partial charge in [-0.1, -0.05) is 6.42 Å². The van der Waals surface area contributed by atoms with Crippen molar-refractivity contribution < 1.29 is 23.1 Å². The highest BCUT2D eigenvalue weighted by Crippen LogP contribution is 2.19. The van der Waals surface area contributed by atoms with Gasteiger partial charge in [0.2, 0.25) is 5.91 Å². The topological polar surface area (TPSA) is 101 Å². The maximum absolute atomic E-state index is 11.5. The predicted octanol–water partition coefficient (Wildman–Crippen LogP) is -0.845. The predicted molar refractivity (Wildman–Crippen MR) is 52.1 cm³/mol. The van der Waals surface area contributed by atoms with Gasteiger partial charge in [-0.05, 0) is 12.8 Å². The van der Waals surface area contributed by atoms with Crippen molar-refractivity contribution in [3.63, 3.8) is 0 Å². The van der Waals surface area contributed by atoms with Crippen LogP contribution in [0.15, 0.2) is 0 Å². The van der Waals surface area contributed by atoms with Crippen LogP contribution >= 0.6 is 0 Å². The third kappa shape index (κ3) is 3.19. The molecule has 1 heterocycles. The summed E-state index contributed by atoms with van der Waals surface area (Å²) in [5.41, 5.74) is 0. The number of carbonyl (C=O) groups is 2. The van der Waals surface area contributed by atoms with Gasteiger partial charge in [0, 0.05) is 0 Å². The van der Waals surface area contributed by atoms with E-state index in [-0.39, 0.29) is 12.2 Å². The SMILES string of the molecule is O=C(O)CNC(=O)C1CCCCS1(=O)=O. The largest absolute Gasteiger partial charge is 0.480 e. The summed E-state index contributed by atoms with van der Waals surface area (Å²) in [6.45, 7) is -0.537. The summed E-state index contributed by atoms with van der Waals surface area (Å²) in [4.78, 5) is 21.5. The summed E-state index contributed by atoms with van der Waals surface area (Å²) < 4.78 is 22.9. The molecule has 0 aliphatic carbocycles. The fraction of sp³-hybridized carbons (Fsp3) is 0.750. The Balaban J connectivity index is 2.61. The number of hydrogen-bond donors (Lipinski definition) is 2. The number of carbonyl (C=O) groups excluding carboxylic acids is 1. The van der Waals surface area contributed by atoms with E-state index in [1.54, 1.807) is 0 Å². The lowest BCUT2D eigenvalue weighted by atomic mass is 10.2. The molecule has 0 spiro atoms. The summed E-state index contributed by atoms with van der Waals surface area (Å²) in [6.07, 6.45) is 1.54. The van der Waals surface area contributed by atoms with Crippen LogP contribution in [0.2, 0.25) is 0 Å². The molecule has 1 aliphatic heterocycles. The molecule has 0 aromatic carbocycles. The van der Waals surface area contributed by atoms with Crippen LogP contribution in [0.4, 0.5) is 0 Å². The Bertz CT molecular complexity index is 361. The quantitative estimate of drug-likeness (QED) is 0.664. The highest BCUT2D eigenvalue weighted by atomic mass is 32.2. The molecule has 1 amide bonds. The standard InChI is InChI=1S/C8H13NO5S/c10-7(11)5-9-8(12)6-3-1-2-4-15(6,13)14/h6H,1-5H2,(H,9,12)(H,10,11). The number of carboxylic acids is 1. The average Bonchev–Trinajstić information content (AvgIpc) is 2.13. The minimum absolute atomic E-state index is 0.0121. The molecule has 0 bridgehead atoms. The van der Waals surface area contributed by atoms with E-state index in [4.69, 9.17) is 5.11 Å². The first-order valence-electron chi connectivity index (χ1n) is 4.64. The van der Waals surface area contributed by atoms with Crippen LogP contribution in [0, 0.1) is 0 Å². The average molecular weight is 235 g/mol. The third-order valence-electron chi connectivity index (χ3n) is 2.28. The van der Waals surface area contributed by atoms with Gasteiger partial charge in [-0.25, -0.2) is 8.42 Å². The van der Waals surface area contributed by atoms with Gasteiger partial charge in [0.25, 0.3) is 0 Å². The number of amides is 1. The molecule has 1 rings (SSSR count). The lowest BCUT2D eigenvalue weighted by Gasteiger charge is -2.20. The zero-order chi connectivity index (χ0) is 11.5. The number of hydrogen-bond acceptors (Lipinski definition) is 4. The van der Waals surface area contributed by atoms with Crippen molar-refractivity contribution in [2.75, 3.05) is 12.3 Å². The summed E-state index contributed by atoms with van der Waals surface area (Å²) in [6, 6.07) is 0. The minimum Gasteiger partial charge on any atom is -0.480 e. The Hall–Kier alpha value is -1.11. The molecule has 1 unspecified atom stereocenters. The van der Waals surface area contributed by atoms with Gasteiger partial charge in [-0.2, -0.15) is 0 Å². The number of nitrogens with one attached hydrogen (secondary N) is 1. The molecule has 0 saturated carbocycles. The smallest absolute Gasteiger partial charge is 0.322 e. The van der Waals surface area contributed by atoms with Crippen LogP contribution in [0.1, 0.15) is 19.3 Å². The second-order valence-electron chi connectivity index (χ2n) is 3.46. The first kappa shape index (κ1) is 12.0. The van der Waals surface area contributed by atoms with E-state index in [0.717, 1.165) is 0 Å². The first-order valence-corrected chi connectivity index (χ1v) is 6.36. The Morgan fingerprint density at radius 3 is 2.53 bits per heavy atom. The van der Waals surface area contributed by atoms with Crippen molar-refractivity contribution in [3.05, 3.63) is 0 Å². The fourth-order valence-corrected chi connectivity index (χ4v) is 3.35. The Morgan fingerprint density at radius 1 is 1.33 bits per heavy atom. The third-order valence-corrected chi connectivity index (χ3v) is 4.46. The van der Waals surface area contributed by atoms with Gasteiger partial charge in [-0.3, -0.25) is 9.59 Å². The van der Waals surface area contributed by atoms with Gasteiger partial charge < -0.3 is 10.4 Å². The van der Waals surface area contributed by atoms with Crippen molar-refractivity contribution in [3.8, 4) is 0 Å². The van der Waals surface area contributed by atoms with Crippen LogP contribution in [0.5, 0.6) is 0 Å². The Labute approximate surface area is 87.6 Å². The molecule has 15 heavy (non-hydrogen) atoms. The highest BCUT2D eigenvalue weighted by molar-refractivity contribution is 7.92. The molecular formula is C8H13NO5S. The van der Waals surface area contributed by atoms with Crippen LogP contribution in [-0.4, -0.2) is 42.9 Å². The second-order valence-corrected chi connectivity index (χ2v) is 5.77. The lowest BCUT2D eigenvalue weighted by molar-refractivity contribution is -0.137. The van der Waals surface area contributed by atoms with Gasteiger partial charge in [0.15, 0.2) is 9.84 Å². The Kier molecular flexibility index (Phi) is 3.67.